The first-order valence-electron chi connectivity index (χ1n) is 8.05. The highest BCUT2D eigenvalue weighted by Gasteiger charge is 2.14. The van der Waals surface area contributed by atoms with Gasteiger partial charge in [-0.1, -0.05) is 47.5 Å². The summed E-state index contributed by atoms with van der Waals surface area (Å²) >= 11 is 5.75. The van der Waals surface area contributed by atoms with Gasteiger partial charge in [0.1, 0.15) is 0 Å². The molecule has 0 nitrogen and oxygen atoms in total. The molecule has 0 saturated heterocycles. The average molecular weight is 275 g/mol. The lowest BCUT2D eigenvalue weighted by Gasteiger charge is -2.22. The predicted octanol–water partition coefficient (Wildman–Crippen LogP) is 6.52. The van der Waals surface area contributed by atoms with Crippen molar-refractivity contribution >= 4 is 11.6 Å². The molecule has 0 aliphatic rings. The van der Waals surface area contributed by atoms with Crippen molar-refractivity contribution in [3.63, 3.8) is 0 Å². The summed E-state index contributed by atoms with van der Waals surface area (Å²) in [5.41, 5.74) is 0. The van der Waals surface area contributed by atoms with Crippen LogP contribution >= 0.6 is 11.6 Å². The van der Waals surface area contributed by atoms with Gasteiger partial charge in [-0.05, 0) is 55.8 Å². The van der Waals surface area contributed by atoms with Crippen LogP contribution in [0.2, 0.25) is 0 Å². The van der Waals surface area contributed by atoms with E-state index in [1.54, 1.807) is 0 Å². The maximum absolute atomic E-state index is 5.75. The zero-order valence-corrected chi connectivity index (χ0v) is 14.1. The van der Waals surface area contributed by atoms with Gasteiger partial charge in [-0.15, -0.1) is 11.6 Å². The molecule has 0 N–H and O–H groups in total. The molecule has 0 saturated carbocycles. The first kappa shape index (κ1) is 18.3. The minimum atomic E-state index is 0.823. The molecule has 0 amide bonds. The molecule has 0 aromatic heterocycles. The van der Waals surface area contributed by atoms with Crippen molar-refractivity contribution in [2.75, 3.05) is 5.88 Å². The van der Waals surface area contributed by atoms with Gasteiger partial charge in [0.05, 0.1) is 0 Å². The topological polar surface area (TPSA) is 0 Å². The largest absolute Gasteiger partial charge is 0.127 e. The van der Waals surface area contributed by atoms with E-state index >= 15 is 0 Å². The lowest BCUT2D eigenvalue weighted by atomic mass is 9.84. The van der Waals surface area contributed by atoms with Crippen LogP contribution < -0.4 is 0 Å². The summed E-state index contributed by atoms with van der Waals surface area (Å²) in [5.74, 6) is 4.34. The van der Waals surface area contributed by atoms with Gasteiger partial charge in [0.2, 0.25) is 0 Å². The van der Waals surface area contributed by atoms with Gasteiger partial charge < -0.3 is 0 Å². The molecule has 0 bridgehead atoms. The van der Waals surface area contributed by atoms with Crippen LogP contribution in [0.5, 0.6) is 0 Å². The molecule has 18 heavy (non-hydrogen) atoms. The molecule has 0 spiro atoms. The molecule has 0 radical (unpaired) electrons. The second kappa shape index (κ2) is 11.1. The molecular weight excluding hydrogens is 240 g/mol. The van der Waals surface area contributed by atoms with E-state index in [4.69, 9.17) is 11.6 Å². The van der Waals surface area contributed by atoms with E-state index in [0.29, 0.717) is 0 Å². The maximum Gasteiger partial charge on any atom is 0.0223 e. The lowest BCUT2D eigenvalue weighted by molar-refractivity contribution is 0.295. The zero-order chi connectivity index (χ0) is 14.0. The fourth-order valence-corrected chi connectivity index (χ4v) is 3.56. The first-order valence-corrected chi connectivity index (χ1v) is 8.58. The highest BCUT2D eigenvalue weighted by molar-refractivity contribution is 6.17. The zero-order valence-electron chi connectivity index (χ0n) is 13.3. The van der Waals surface area contributed by atoms with E-state index in [2.05, 4.69) is 34.6 Å². The molecule has 0 aliphatic carbocycles. The van der Waals surface area contributed by atoms with Crippen LogP contribution in [0, 0.1) is 23.7 Å². The summed E-state index contributed by atoms with van der Waals surface area (Å²) in [6.45, 7) is 12.0. The third-order valence-corrected chi connectivity index (χ3v) is 4.29. The summed E-state index contributed by atoms with van der Waals surface area (Å²) in [4.78, 5) is 0. The number of alkyl halides is 1. The van der Waals surface area contributed by atoms with E-state index in [0.717, 1.165) is 29.6 Å². The first-order chi connectivity index (χ1) is 8.49. The van der Waals surface area contributed by atoms with Gasteiger partial charge in [-0.2, -0.15) is 0 Å². The van der Waals surface area contributed by atoms with Crippen molar-refractivity contribution in [1.82, 2.24) is 0 Å². The minimum Gasteiger partial charge on any atom is -0.127 e. The van der Waals surface area contributed by atoms with E-state index < -0.39 is 0 Å². The Kier molecular flexibility index (Phi) is 11.3. The Hall–Kier alpha value is 0.290. The third-order valence-electron chi connectivity index (χ3n) is 4.03. The van der Waals surface area contributed by atoms with Crippen LogP contribution in [-0.4, -0.2) is 5.88 Å². The van der Waals surface area contributed by atoms with Crippen molar-refractivity contribution in [1.29, 1.82) is 0 Å². The second-order valence-electron chi connectivity index (χ2n) is 6.75. The van der Waals surface area contributed by atoms with Crippen LogP contribution in [0.3, 0.4) is 0 Å². The molecule has 110 valence electrons. The van der Waals surface area contributed by atoms with Crippen LogP contribution in [0.4, 0.5) is 0 Å². The molecular formula is C17H35Cl. The summed E-state index contributed by atoms with van der Waals surface area (Å²) in [7, 11) is 0. The highest BCUT2D eigenvalue weighted by atomic mass is 35.5. The van der Waals surface area contributed by atoms with Crippen molar-refractivity contribution < 1.29 is 0 Å². The molecule has 0 aromatic carbocycles. The molecule has 0 aliphatic heterocycles. The van der Waals surface area contributed by atoms with Crippen molar-refractivity contribution in [3.8, 4) is 0 Å². The molecule has 0 heterocycles. The van der Waals surface area contributed by atoms with Gasteiger partial charge in [0.15, 0.2) is 0 Å². The highest BCUT2D eigenvalue weighted by Crippen LogP contribution is 2.26. The Morgan fingerprint density at radius 1 is 0.722 bits per heavy atom. The smallest absolute Gasteiger partial charge is 0.0223 e. The van der Waals surface area contributed by atoms with Crippen molar-refractivity contribution in [2.24, 2.45) is 23.7 Å². The summed E-state index contributed by atoms with van der Waals surface area (Å²) < 4.78 is 0. The third kappa shape index (κ3) is 10.2. The van der Waals surface area contributed by atoms with Gasteiger partial charge in [-0.3, -0.25) is 0 Å². The van der Waals surface area contributed by atoms with Gasteiger partial charge in [0.25, 0.3) is 0 Å². The quantitative estimate of drug-likeness (QED) is 0.376. The summed E-state index contributed by atoms with van der Waals surface area (Å²) in [6, 6.07) is 0. The fraction of sp³-hybridized carbons (Fsp3) is 1.00. The van der Waals surface area contributed by atoms with Gasteiger partial charge in [-0.25, -0.2) is 0 Å². The van der Waals surface area contributed by atoms with Crippen LogP contribution in [0.15, 0.2) is 0 Å². The molecule has 0 rings (SSSR count). The lowest BCUT2D eigenvalue weighted by Crippen LogP contribution is -2.10. The predicted molar refractivity (Wildman–Crippen MR) is 85.4 cm³/mol. The number of halogens is 1. The van der Waals surface area contributed by atoms with E-state index in [1.807, 2.05) is 0 Å². The Morgan fingerprint density at radius 2 is 1.17 bits per heavy atom. The fourth-order valence-electron chi connectivity index (χ4n) is 3.41. The summed E-state index contributed by atoms with van der Waals surface area (Å²) in [5, 5.41) is 0. The number of rotatable bonds is 11. The van der Waals surface area contributed by atoms with Crippen LogP contribution in [0.1, 0.15) is 79.6 Å². The SMILES string of the molecule is CCCC(C)CC(C)CC(C)CC(C)CCCCl. The van der Waals surface area contributed by atoms with Crippen molar-refractivity contribution in [3.05, 3.63) is 0 Å². The number of hydrogen-bond acceptors (Lipinski definition) is 0. The van der Waals surface area contributed by atoms with Crippen LogP contribution in [-0.2, 0) is 0 Å². The standard InChI is InChI=1S/C17H35Cl/c1-6-8-14(2)11-16(4)13-17(5)12-15(3)9-7-10-18/h14-17H,6-13H2,1-5H3. The molecule has 0 aromatic rings. The van der Waals surface area contributed by atoms with E-state index in [9.17, 15) is 0 Å². The normalized spacial score (nSPS) is 18.3. The Bertz CT molecular complexity index is 178. The Balaban J connectivity index is 3.75. The molecule has 4 unspecified atom stereocenters. The maximum atomic E-state index is 5.75. The van der Waals surface area contributed by atoms with Crippen LogP contribution in [0.25, 0.3) is 0 Å². The Labute approximate surface area is 121 Å². The van der Waals surface area contributed by atoms with Gasteiger partial charge >= 0.3 is 0 Å². The van der Waals surface area contributed by atoms with E-state index in [1.165, 1.54) is 44.9 Å². The summed E-state index contributed by atoms with van der Waals surface area (Å²) in [6.07, 6.45) is 9.40. The minimum absolute atomic E-state index is 0.823. The average Bonchev–Trinajstić information content (AvgIpc) is 2.25. The van der Waals surface area contributed by atoms with Gasteiger partial charge in [0, 0.05) is 5.88 Å². The molecule has 4 atom stereocenters. The van der Waals surface area contributed by atoms with E-state index in [-0.39, 0.29) is 0 Å². The molecule has 0 fully saturated rings. The monoisotopic (exact) mass is 274 g/mol. The molecule has 1 heteroatoms. The Morgan fingerprint density at radius 3 is 1.61 bits per heavy atom. The number of hydrogen-bond donors (Lipinski definition) is 0. The van der Waals surface area contributed by atoms with Crippen molar-refractivity contribution in [2.45, 2.75) is 79.6 Å². The second-order valence-corrected chi connectivity index (χ2v) is 7.13.